The Hall–Kier alpha value is -0.880. The van der Waals surface area contributed by atoms with Crippen LogP contribution in [-0.2, 0) is 4.74 Å². The monoisotopic (exact) mass is 205 g/mol. The largest absolute Gasteiger partial charge is 0.393 e. The van der Waals surface area contributed by atoms with Crippen molar-refractivity contribution in [2.45, 2.75) is 30.9 Å². The minimum absolute atomic E-state index is 0.286. The summed E-state index contributed by atoms with van der Waals surface area (Å²) in [5, 5.41) is 21.7. The minimum Gasteiger partial charge on any atom is -0.393 e. The Morgan fingerprint density at radius 3 is 2.71 bits per heavy atom. The van der Waals surface area contributed by atoms with Crippen LogP contribution in [0, 0.1) is 0 Å². The summed E-state index contributed by atoms with van der Waals surface area (Å²) in [5.41, 5.74) is 6.61. The molecule has 0 aromatic rings. The number of aliphatic hydroxyl groups is 2. The van der Waals surface area contributed by atoms with Gasteiger partial charge in [-0.3, -0.25) is 0 Å². The molecule has 80 valence electrons. The summed E-state index contributed by atoms with van der Waals surface area (Å²) in [4.78, 5) is 2.48. The zero-order chi connectivity index (χ0) is 10.8. The molecule has 4 atom stereocenters. The van der Waals surface area contributed by atoms with Gasteiger partial charge < -0.3 is 14.9 Å². The maximum atomic E-state index is 13.2. The molecule has 1 saturated heterocycles. The van der Waals surface area contributed by atoms with Crippen LogP contribution in [0.4, 0.5) is 4.39 Å². The molecule has 2 N–H and O–H groups in total. The normalized spacial score (nSPS) is 42.1. The van der Waals surface area contributed by atoms with Gasteiger partial charge in [0.1, 0.15) is 11.7 Å². The predicted molar refractivity (Wildman–Crippen MR) is 45.3 cm³/mol. The maximum Gasteiger partial charge on any atom is 0.155 e. The molecule has 0 aromatic carbocycles. The van der Waals surface area contributed by atoms with E-state index in [9.17, 15) is 9.50 Å². The second kappa shape index (κ2) is 4.10. The fraction of sp³-hybridized carbons (Fsp3) is 1.00. The van der Waals surface area contributed by atoms with E-state index in [0.29, 0.717) is 0 Å². The summed E-state index contributed by atoms with van der Waals surface area (Å²) in [6, 6.07) is 0. The summed E-state index contributed by atoms with van der Waals surface area (Å²) < 4.78 is 18.3. The van der Waals surface area contributed by atoms with Crippen LogP contribution in [0.2, 0.25) is 0 Å². The van der Waals surface area contributed by atoms with Crippen LogP contribution in [0.25, 0.3) is 10.4 Å². The molecule has 14 heavy (non-hydrogen) atoms. The van der Waals surface area contributed by atoms with E-state index >= 15 is 0 Å². The van der Waals surface area contributed by atoms with Gasteiger partial charge in [-0.2, -0.15) is 0 Å². The Labute approximate surface area is 79.9 Å². The average Bonchev–Trinajstić information content (AvgIpc) is 2.41. The lowest BCUT2D eigenvalue weighted by molar-refractivity contribution is -0.101. The molecule has 0 saturated carbocycles. The van der Waals surface area contributed by atoms with Crippen LogP contribution in [0.3, 0.4) is 0 Å². The number of hydrogen-bond donors (Lipinski definition) is 2. The third kappa shape index (κ3) is 1.67. The number of nitrogens with zero attached hydrogens (tertiary/aromatic N) is 3. The summed E-state index contributed by atoms with van der Waals surface area (Å²) in [6.45, 7) is 0.575. The smallest absolute Gasteiger partial charge is 0.155 e. The van der Waals surface area contributed by atoms with Gasteiger partial charge >= 0.3 is 0 Å². The van der Waals surface area contributed by atoms with Crippen molar-refractivity contribution < 1.29 is 19.3 Å². The van der Waals surface area contributed by atoms with Gasteiger partial charge in [-0.15, -0.1) is 0 Å². The third-order valence-corrected chi connectivity index (χ3v) is 2.38. The van der Waals surface area contributed by atoms with E-state index in [4.69, 9.17) is 15.4 Å². The van der Waals surface area contributed by atoms with Gasteiger partial charge in [0, 0.05) is 4.91 Å². The number of aliphatic hydroxyl groups excluding tert-OH is 2. The number of hydrogen-bond acceptors (Lipinski definition) is 4. The van der Waals surface area contributed by atoms with Gasteiger partial charge in [0.05, 0.1) is 19.3 Å². The first kappa shape index (κ1) is 11.2. The van der Waals surface area contributed by atoms with E-state index in [-0.39, 0.29) is 6.54 Å². The van der Waals surface area contributed by atoms with Crippen molar-refractivity contribution in [1.82, 2.24) is 0 Å². The number of ether oxygens (including phenoxy) is 1. The molecule has 6 nitrogen and oxygen atoms in total. The summed E-state index contributed by atoms with van der Waals surface area (Å²) in [6.07, 6.45) is -3.85. The molecule has 0 unspecified atom stereocenters. The van der Waals surface area contributed by atoms with E-state index in [0.717, 1.165) is 0 Å². The highest BCUT2D eigenvalue weighted by Crippen LogP contribution is 2.33. The van der Waals surface area contributed by atoms with Crippen molar-refractivity contribution >= 4 is 0 Å². The molecular weight excluding hydrogens is 193 g/mol. The Kier molecular flexibility index (Phi) is 3.28. The highest BCUT2D eigenvalue weighted by Gasteiger charge is 2.52. The molecule has 1 rings (SSSR count). The van der Waals surface area contributed by atoms with Crippen LogP contribution in [-0.4, -0.2) is 47.3 Å². The zero-order valence-electron chi connectivity index (χ0n) is 7.67. The SMILES string of the molecule is C[C@@H]1O[C@@](CO)(CN=[N+]=[N-])[C@@H](O)[C@@H]1F. The van der Waals surface area contributed by atoms with E-state index in [1.54, 1.807) is 0 Å². The molecule has 0 aliphatic carbocycles. The van der Waals surface area contributed by atoms with Gasteiger partial charge in [-0.05, 0) is 12.5 Å². The standard InChI is InChI=1S/C7H12FN3O3/c1-4-5(8)6(13)7(3-12,14-4)2-10-11-9/h4-6,12-13H,2-3H2,1H3/t4-,5+,6-,7+/m0/s1. The quantitative estimate of drug-likeness (QED) is 0.389. The second-order valence-electron chi connectivity index (χ2n) is 3.32. The van der Waals surface area contributed by atoms with Crippen LogP contribution < -0.4 is 0 Å². The van der Waals surface area contributed by atoms with E-state index in [1.165, 1.54) is 6.92 Å². The van der Waals surface area contributed by atoms with E-state index in [2.05, 4.69) is 10.0 Å². The molecule has 0 bridgehead atoms. The van der Waals surface area contributed by atoms with E-state index < -0.39 is 30.6 Å². The molecule has 1 fully saturated rings. The Balaban J connectivity index is 2.84. The molecule has 0 amide bonds. The Morgan fingerprint density at radius 1 is 1.71 bits per heavy atom. The van der Waals surface area contributed by atoms with Crippen molar-refractivity contribution in [3.05, 3.63) is 10.4 Å². The molecule has 1 aliphatic heterocycles. The van der Waals surface area contributed by atoms with Crippen LogP contribution >= 0.6 is 0 Å². The summed E-state index contributed by atoms with van der Waals surface area (Å²) in [5.74, 6) is 0. The first-order valence-corrected chi connectivity index (χ1v) is 4.19. The number of alkyl halides is 1. The first-order chi connectivity index (χ1) is 6.57. The lowest BCUT2D eigenvalue weighted by Gasteiger charge is -2.27. The van der Waals surface area contributed by atoms with Crippen LogP contribution in [0.5, 0.6) is 0 Å². The van der Waals surface area contributed by atoms with Gasteiger partial charge in [-0.1, -0.05) is 5.11 Å². The van der Waals surface area contributed by atoms with Crippen molar-refractivity contribution in [3.63, 3.8) is 0 Å². The third-order valence-electron chi connectivity index (χ3n) is 2.38. The minimum atomic E-state index is -1.57. The summed E-state index contributed by atoms with van der Waals surface area (Å²) >= 11 is 0. The zero-order valence-corrected chi connectivity index (χ0v) is 7.67. The van der Waals surface area contributed by atoms with Gasteiger partial charge in [0.2, 0.25) is 0 Å². The number of halogens is 1. The fourth-order valence-electron chi connectivity index (χ4n) is 1.51. The molecular formula is C7H12FN3O3. The number of azide groups is 1. The molecule has 1 aliphatic rings. The van der Waals surface area contributed by atoms with Crippen molar-refractivity contribution in [2.24, 2.45) is 5.11 Å². The molecule has 0 radical (unpaired) electrons. The predicted octanol–water partition coefficient (Wildman–Crippen LogP) is 0.145. The van der Waals surface area contributed by atoms with Crippen molar-refractivity contribution in [1.29, 1.82) is 0 Å². The van der Waals surface area contributed by atoms with Gasteiger partial charge in [0.15, 0.2) is 6.17 Å². The second-order valence-corrected chi connectivity index (χ2v) is 3.32. The number of rotatable bonds is 3. The molecule has 7 heteroatoms. The fourth-order valence-corrected chi connectivity index (χ4v) is 1.51. The van der Waals surface area contributed by atoms with Crippen molar-refractivity contribution in [2.75, 3.05) is 13.2 Å². The van der Waals surface area contributed by atoms with Crippen molar-refractivity contribution in [3.8, 4) is 0 Å². The van der Waals surface area contributed by atoms with Crippen LogP contribution in [0.15, 0.2) is 5.11 Å². The molecule has 1 heterocycles. The molecule has 0 spiro atoms. The highest BCUT2D eigenvalue weighted by molar-refractivity contribution is 5.02. The van der Waals surface area contributed by atoms with Crippen LogP contribution in [0.1, 0.15) is 6.92 Å². The lowest BCUT2D eigenvalue weighted by Crippen LogP contribution is -2.48. The lowest BCUT2D eigenvalue weighted by atomic mass is 9.96. The topological polar surface area (TPSA) is 98.5 Å². The van der Waals surface area contributed by atoms with Gasteiger partial charge in [0.25, 0.3) is 0 Å². The highest BCUT2D eigenvalue weighted by atomic mass is 19.1. The first-order valence-electron chi connectivity index (χ1n) is 4.19. The molecule has 0 aromatic heterocycles. The van der Waals surface area contributed by atoms with Gasteiger partial charge in [-0.25, -0.2) is 4.39 Å². The maximum absolute atomic E-state index is 13.2. The average molecular weight is 205 g/mol. The Bertz CT molecular complexity index is 259. The summed E-state index contributed by atoms with van der Waals surface area (Å²) in [7, 11) is 0. The van der Waals surface area contributed by atoms with E-state index in [1.807, 2.05) is 0 Å². The Morgan fingerprint density at radius 2 is 2.36 bits per heavy atom.